The number of aromatic nitrogens is 2. The van der Waals surface area contributed by atoms with Crippen LogP contribution in [0.1, 0.15) is 52.1 Å². The minimum atomic E-state index is 0.794. The topological polar surface area (TPSA) is 55.9 Å². The highest BCUT2D eigenvalue weighted by atomic mass is 15.3. The van der Waals surface area contributed by atoms with Crippen LogP contribution >= 0.6 is 0 Å². The average Bonchev–Trinajstić information content (AvgIpc) is 2.56. The number of hydrogen-bond acceptors (Lipinski definition) is 3. The molecule has 0 atom stereocenters. The highest BCUT2D eigenvalue weighted by molar-refractivity contribution is 5.64. The number of nitrogen functional groups attached to an aromatic ring is 1. The van der Waals surface area contributed by atoms with Gasteiger partial charge in [0.1, 0.15) is 5.82 Å². The third-order valence-corrected chi connectivity index (χ3v) is 3.15. The van der Waals surface area contributed by atoms with E-state index in [0.29, 0.717) is 0 Å². The summed E-state index contributed by atoms with van der Waals surface area (Å²) in [5.41, 5.74) is 7.95. The fraction of sp³-hybridized carbons (Fsp3) is 0.786. The number of unbranched alkanes of at least 4 members (excludes halogenated alkanes) is 1. The van der Waals surface area contributed by atoms with Crippen LogP contribution in [0.15, 0.2) is 0 Å². The van der Waals surface area contributed by atoms with Crippen molar-refractivity contribution in [3.8, 4) is 0 Å². The predicted molar refractivity (Wildman–Crippen MR) is 78.8 cm³/mol. The van der Waals surface area contributed by atoms with E-state index in [1.54, 1.807) is 0 Å². The van der Waals surface area contributed by atoms with E-state index in [4.69, 9.17) is 5.73 Å². The first kappa shape index (κ1) is 14.9. The second-order valence-electron chi connectivity index (χ2n) is 5.40. The lowest BCUT2D eigenvalue weighted by molar-refractivity contribution is 0.544. The van der Waals surface area contributed by atoms with Crippen LogP contribution in [0.4, 0.5) is 11.5 Å². The van der Waals surface area contributed by atoms with Gasteiger partial charge in [0.15, 0.2) is 0 Å². The molecule has 4 heteroatoms. The van der Waals surface area contributed by atoms with Gasteiger partial charge in [0, 0.05) is 13.6 Å². The maximum atomic E-state index is 6.11. The number of aryl methyl sites for hydroxylation is 2. The van der Waals surface area contributed by atoms with Crippen molar-refractivity contribution in [1.29, 1.82) is 0 Å². The van der Waals surface area contributed by atoms with Gasteiger partial charge >= 0.3 is 0 Å². The molecule has 0 aliphatic carbocycles. The molecule has 0 saturated carbocycles. The van der Waals surface area contributed by atoms with E-state index in [2.05, 4.69) is 31.2 Å². The van der Waals surface area contributed by atoms with Gasteiger partial charge in [-0.25, -0.2) is 0 Å². The monoisotopic (exact) mass is 252 g/mol. The first-order valence-corrected chi connectivity index (χ1v) is 7.11. The fourth-order valence-electron chi connectivity index (χ4n) is 2.11. The van der Waals surface area contributed by atoms with Gasteiger partial charge in [-0.3, -0.25) is 4.68 Å². The molecule has 0 aromatic carbocycles. The molecule has 0 spiro atoms. The van der Waals surface area contributed by atoms with Gasteiger partial charge in [0.25, 0.3) is 0 Å². The Bertz CT molecular complexity index is 355. The van der Waals surface area contributed by atoms with Crippen LogP contribution in [-0.2, 0) is 13.5 Å². The van der Waals surface area contributed by atoms with E-state index < -0.39 is 0 Å². The predicted octanol–water partition coefficient (Wildman–Crippen LogP) is 3.19. The molecule has 0 unspecified atom stereocenters. The van der Waals surface area contributed by atoms with Crippen LogP contribution in [0.3, 0.4) is 0 Å². The Labute approximate surface area is 111 Å². The summed E-state index contributed by atoms with van der Waals surface area (Å²) < 4.78 is 1.86. The Balaban J connectivity index is 2.42. The summed E-state index contributed by atoms with van der Waals surface area (Å²) in [5.74, 6) is 1.77. The molecule has 3 N–H and O–H groups in total. The minimum absolute atomic E-state index is 0.794. The number of anilines is 2. The van der Waals surface area contributed by atoms with Crippen molar-refractivity contribution in [3.63, 3.8) is 0 Å². The van der Waals surface area contributed by atoms with E-state index >= 15 is 0 Å². The first-order chi connectivity index (χ1) is 8.56. The molecule has 104 valence electrons. The molecule has 1 rings (SSSR count). The molecule has 1 aromatic rings. The molecule has 1 heterocycles. The molecule has 18 heavy (non-hydrogen) atoms. The van der Waals surface area contributed by atoms with Crippen molar-refractivity contribution in [2.75, 3.05) is 17.6 Å². The quantitative estimate of drug-likeness (QED) is 0.699. The molecule has 0 radical (unpaired) electrons. The van der Waals surface area contributed by atoms with Crippen molar-refractivity contribution >= 4 is 11.5 Å². The number of nitrogens with zero attached hydrogens (tertiary/aromatic N) is 2. The summed E-state index contributed by atoms with van der Waals surface area (Å²) in [7, 11) is 1.95. The number of nitrogens with one attached hydrogen (secondary N) is 1. The van der Waals surface area contributed by atoms with Crippen LogP contribution in [0.25, 0.3) is 0 Å². The van der Waals surface area contributed by atoms with Gasteiger partial charge in [-0.15, -0.1) is 0 Å². The highest BCUT2D eigenvalue weighted by Crippen LogP contribution is 2.23. The Kier molecular flexibility index (Phi) is 6.02. The molecule has 0 aliphatic rings. The third-order valence-electron chi connectivity index (χ3n) is 3.15. The first-order valence-electron chi connectivity index (χ1n) is 7.11. The molecular formula is C14H28N4. The van der Waals surface area contributed by atoms with Gasteiger partial charge in [0.05, 0.1) is 11.4 Å². The largest absolute Gasteiger partial charge is 0.394 e. The molecule has 0 saturated heterocycles. The van der Waals surface area contributed by atoms with E-state index in [1.165, 1.54) is 19.3 Å². The second kappa shape index (κ2) is 7.29. The molecule has 0 bridgehead atoms. The zero-order chi connectivity index (χ0) is 13.5. The lowest BCUT2D eigenvalue weighted by Gasteiger charge is -2.08. The van der Waals surface area contributed by atoms with Gasteiger partial charge in [0.2, 0.25) is 0 Å². The van der Waals surface area contributed by atoms with Crippen LogP contribution in [0, 0.1) is 5.92 Å². The molecule has 0 fully saturated rings. The highest BCUT2D eigenvalue weighted by Gasteiger charge is 2.11. The summed E-state index contributed by atoms with van der Waals surface area (Å²) in [5, 5.41) is 7.87. The van der Waals surface area contributed by atoms with Crippen molar-refractivity contribution in [1.82, 2.24) is 9.78 Å². The Morgan fingerprint density at radius 1 is 1.33 bits per heavy atom. The summed E-state index contributed by atoms with van der Waals surface area (Å²) in [6.45, 7) is 7.66. The van der Waals surface area contributed by atoms with Gasteiger partial charge < -0.3 is 11.1 Å². The van der Waals surface area contributed by atoms with Crippen LogP contribution in [0.5, 0.6) is 0 Å². The van der Waals surface area contributed by atoms with Crippen molar-refractivity contribution in [2.24, 2.45) is 13.0 Å². The summed E-state index contributed by atoms with van der Waals surface area (Å²) in [4.78, 5) is 0. The van der Waals surface area contributed by atoms with Gasteiger partial charge in [-0.1, -0.05) is 40.0 Å². The zero-order valence-corrected chi connectivity index (χ0v) is 12.3. The third kappa shape index (κ3) is 4.24. The van der Waals surface area contributed by atoms with E-state index in [-0.39, 0.29) is 0 Å². The van der Waals surface area contributed by atoms with Crippen LogP contribution in [-0.4, -0.2) is 16.3 Å². The fourth-order valence-corrected chi connectivity index (χ4v) is 2.11. The lowest BCUT2D eigenvalue weighted by Crippen LogP contribution is -2.08. The number of nitrogens with two attached hydrogens (primary N) is 1. The number of rotatable bonds is 8. The molecule has 4 nitrogen and oxygen atoms in total. The molecule has 1 aromatic heterocycles. The van der Waals surface area contributed by atoms with Crippen molar-refractivity contribution in [2.45, 2.75) is 52.9 Å². The van der Waals surface area contributed by atoms with E-state index in [0.717, 1.165) is 42.5 Å². The van der Waals surface area contributed by atoms with E-state index in [9.17, 15) is 0 Å². The lowest BCUT2D eigenvalue weighted by atomic mass is 10.1. The summed E-state index contributed by atoms with van der Waals surface area (Å²) >= 11 is 0. The minimum Gasteiger partial charge on any atom is -0.394 e. The smallest absolute Gasteiger partial charge is 0.147 e. The maximum Gasteiger partial charge on any atom is 0.147 e. The maximum absolute atomic E-state index is 6.11. The average molecular weight is 252 g/mol. The Morgan fingerprint density at radius 2 is 2.06 bits per heavy atom. The molecule has 0 aliphatic heterocycles. The summed E-state index contributed by atoms with van der Waals surface area (Å²) in [6.07, 6.45) is 5.78. The standard InChI is InChI=1S/C14H28N4/c1-5-8-12-13(15)14(18(4)17-12)16-10-7-6-9-11(2)3/h11,16H,5-10,15H2,1-4H3. The Hall–Kier alpha value is -1.19. The van der Waals surface area contributed by atoms with Gasteiger partial charge in [-0.05, 0) is 18.8 Å². The van der Waals surface area contributed by atoms with Crippen molar-refractivity contribution in [3.05, 3.63) is 5.69 Å². The second-order valence-corrected chi connectivity index (χ2v) is 5.40. The zero-order valence-electron chi connectivity index (χ0n) is 12.3. The van der Waals surface area contributed by atoms with Gasteiger partial charge in [-0.2, -0.15) is 5.10 Å². The normalized spacial score (nSPS) is 11.2. The van der Waals surface area contributed by atoms with Crippen LogP contribution < -0.4 is 11.1 Å². The number of hydrogen-bond donors (Lipinski definition) is 2. The molecular weight excluding hydrogens is 224 g/mol. The van der Waals surface area contributed by atoms with Crippen LogP contribution in [0.2, 0.25) is 0 Å². The SMILES string of the molecule is CCCc1nn(C)c(NCCCCC(C)C)c1N. The van der Waals surface area contributed by atoms with E-state index in [1.807, 2.05) is 11.7 Å². The molecule has 0 amide bonds. The van der Waals surface area contributed by atoms with Crippen molar-refractivity contribution < 1.29 is 0 Å². The summed E-state index contributed by atoms with van der Waals surface area (Å²) in [6, 6.07) is 0. The Morgan fingerprint density at radius 3 is 2.67 bits per heavy atom.